The predicted molar refractivity (Wildman–Crippen MR) is 120 cm³/mol. The SMILES string of the molecule is CCC(=O)O.C[C@H]1C[C@H]2[C@@H]3C[C@H](F)C4=CC(=O)CC[C@]4(C)[C@H]3CC[C@]2(C)[C@@]1(O)C(=O)CCl. The van der Waals surface area contributed by atoms with Crippen molar-refractivity contribution in [1.82, 2.24) is 0 Å². The Bertz CT molecular complexity index is 827. The molecule has 0 unspecified atom stereocenters. The van der Waals surface area contributed by atoms with Crippen LogP contribution in [0.2, 0.25) is 0 Å². The summed E-state index contributed by atoms with van der Waals surface area (Å²) in [4.78, 5) is 33.9. The van der Waals surface area contributed by atoms with Crippen molar-refractivity contribution in [3.63, 3.8) is 0 Å². The molecule has 0 amide bonds. The number of allylic oxidation sites excluding steroid dienone is 1. The first kappa shape index (κ1) is 25.4. The quantitative estimate of drug-likeness (QED) is 0.581. The summed E-state index contributed by atoms with van der Waals surface area (Å²) in [6.45, 7) is 7.69. The van der Waals surface area contributed by atoms with Gasteiger partial charge in [-0.25, -0.2) is 4.39 Å². The number of Topliss-reactive ketones (excluding diaryl/α,β-unsaturated/α-hetero) is 1. The zero-order valence-electron chi connectivity index (χ0n) is 19.5. The van der Waals surface area contributed by atoms with Crippen molar-refractivity contribution in [2.24, 2.45) is 34.5 Å². The van der Waals surface area contributed by atoms with E-state index >= 15 is 4.39 Å². The number of carboxylic acids is 1. The fraction of sp³-hybridized carbons (Fsp3) is 0.800. The van der Waals surface area contributed by atoms with Crippen LogP contribution in [0.1, 0.15) is 72.6 Å². The first-order chi connectivity index (χ1) is 14.9. The van der Waals surface area contributed by atoms with Crippen LogP contribution in [0.5, 0.6) is 0 Å². The summed E-state index contributed by atoms with van der Waals surface area (Å²) in [6.07, 6.45) is 4.63. The maximum atomic E-state index is 15.2. The lowest BCUT2D eigenvalue weighted by atomic mass is 9.46. The molecule has 0 spiro atoms. The number of alkyl halides is 2. The van der Waals surface area contributed by atoms with Gasteiger partial charge in [-0.3, -0.25) is 14.4 Å². The third-order valence-corrected chi connectivity index (χ3v) is 9.61. The van der Waals surface area contributed by atoms with Gasteiger partial charge in [0, 0.05) is 18.3 Å². The maximum absolute atomic E-state index is 15.2. The topological polar surface area (TPSA) is 91.7 Å². The summed E-state index contributed by atoms with van der Waals surface area (Å²) in [5, 5.41) is 19.2. The van der Waals surface area contributed by atoms with Gasteiger partial charge in [0.05, 0.1) is 5.88 Å². The Balaban J connectivity index is 0.000000523. The van der Waals surface area contributed by atoms with Gasteiger partial charge in [0.2, 0.25) is 0 Å². The number of aliphatic carboxylic acids is 1. The summed E-state index contributed by atoms with van der Waals surface area (Å²) in [5.41, 5.74) is -1.56. The van der Waals surface area contributed by atoms with Gasteiger partial charge in [-0.15, -0.1) is 11.6 Å². The van der Waals surface area contributed by atoms with Gasteiger partial charge in [0.25, 0.3) is 0 Å². The zero-order valence-corrected chi connectivity index (χ0v) is 20.3. The second-order valence-corrected chi connectivity index (χ2v) is 11.0. The minimum Gasteiger partial charge on any atom is -0.481 e. The van der Waals surface area contributed by atoms with Crippen molar-refractivity contribution in [3.8, 4) is 0 Å². The lowest BCUT2D eigenvalue weighted by Gasteiger charge is -2.59. The Labute approximate surface area is 194 Å². The Hall–Kier alpha value is -1.27. The van der Waals surface area contributed by atoms with Crippen LogP contribution in [-0.4, -0.2) is 45.4 Å². The minimum atomic E-state index is -1.42. The zero-order chi connectivity index (χ0) is 24.1. The van der Waals surface area contributed by atoms with Crippen LogP contribution < -0.4 is 0 Å². The van der Waals surface area contributed by atoms with Crippen molar-refractivity contribution >= 4 is 29.1 Å². The number of rotatable bonds is 3. The van der Waals surface area contributed by atoms with Crippen molar-refractivity contribution < 1.29 is 29.0 Å². The summed E-state index contributed by atoms with van der Waals surface area (Å²) >= 11 is 5.86. The van der Waals surface area contributed by atoms with Gasteiger partial charge >= 0.3 is 5.97 Å². The lowest BCUT2D eigenvalue weighted by molar-refractivity contribution is -0.166. The monoisotopic (exact) mass is 470 g/mol. The van der Waals surface area contributed by atoms with E-state index in [1.807, 2.05) is 13.8 Å². The van der Waals surface area contributed by atoms with Crippen LogP contribution in [0.3, 0.4) is 0 Å². The number of hydrogen-bond donors (Lipinski definition) is 2. The predicted octanol–water partition coefficient (Wildman–Crippen LogP) is 4.73. The fourth-order valence-electron chi connectivity index (χ4n) is 7.60. The second kappa shape index (κ2) is 8.83. The Kier molecular flexibility index (Phi) is 6.99. The van der Waals surface area contributed by atoms with Gasteiger partial charge in [-0.2, -0.15) is 0 Å². The molecule has 0 aromatic rings. The van der Waals surface area contributed by atoms with Crippen molar-refractivity contribution in [2.45, 2.75) is 84.4 Å². The van der Waals surface area contributed by atoms with Crippen LogP contribution >= 0.6 is 11.6 Å². The Morgan fingerprint density at radius 2 is 1.84 bits per heavy atom. The van der Waals surface area contributed by atoms with Gasteiger partial charge in [-0.05, 0) is 72.8 Å². The number of halogens is 2. The van der Waals surface area contributed by atoms with E-state index in [1.165, 1.54) is 0 Å². The van der Waals surface area contributed by atoms with Crippen LogP contribution in [-0.2, 0) is 14.4 Å². The maximum Gasteiger partial charge on any atom is 0.303 e. The van der Waals surface area contributed by atoms with E-state index in [0.29, 0.717) is 30.8 Å². The molecule has 0 aromatic heterocycles. The second-order valence-electron chi connectivity index (χ2n) is 10.7. The molecule has 0 bridgehead atoms. The Morgan fingerprint density at radius 3 is 2.41 bits per heavy atom. The molecule has 4 aliphatic carbocycles. The van der Waals surface area contributed by atoms with E-state index in [-0.39, 0.29) is 47.0 Å². The summed E-state index contributed by atoms with van der Waals surface area (Å²) < 4.78 is 15.2. The van der Waals surface area contributed by atoms with Gasteiger partial charge < -0.3 is 10.2 Å². The number of carbonyl (C=O) groups excluding carboxylic acids is 2. The molecular formula is C25H36ClFO5. The van der Waals surface area contributed by atoms with Crippen LogP contribution in [0.25, 0.3) is 0 Å². The van der Waals surface area contributed by atoms with E-state index in [4.69, 9.17) is 16.7 Å². The number of hydrogen-bond acceptors (Lipinski definition) is 4. The largest absolute Gasteiger partial charge is 0.481 e. The smallest absolute Gasteiger partial charge is 0.303 e. The van der Waals surface area contributed by atoms with Crippen LogP contribution in [0, 0.1) is 34.5 Å². The average molecular weight is 471 g/mol. The highest BCUT2D eigenvalue weighted by atomic mass is 35.5. The number of aliphatic hydroxyl groups is 1. The molecule has 4 rings (SSSR count). The highest BCUT2D eigenvalue weighted by molar-refractivity contribution is 6.29. The first-order valence-corrected chi connectivity index (χ1v) is 12.3. The number of carbonyl (C=O) groups is 3. The van der Waals surface area contributed by atoms with Crippen molar-refractivity contribution in [1.29, 1.82) is 0 Å². The van der Waals surface area contributed by atoms with Gasteiger partial charge in [0.15, 0.2) is 11.6 Å². The molecule has 0 aliphatic heterocycles. The van der Waals surface area contributed by atoms with Crippen LogP contribution in [0.15, 0.2) is 11.6 Å². The van der Waals surface area contributed by atoms with Crippen LogP contribution in [0.4, 0.5) is 4.39 Å². The van der Waals surface area contributed by atoms with Gasteiger partial charge in [-0.1, -0.05) is 27.7 Å². The lowest BCUT2D eigenvalue weighted by Crippen LogP contribution is -2.60. The van der Waals surface area contributed by atoms with Crippen molar-refractivity contribution in [2.75, 3.05) is 5.88 Å². The highest BCUT2D eigenvalue weighted by Crippen LogP contribution is 2.69. The molecule has 0 saturated heterocycles. The number of carboxylic acid groups (broad SMARTS) is 1. The third-order valence-electron chi connectivity index (χ3n) is 9.37. The molecule has 180 valence electrons. The molecule has 3 saturated carbocycles. The fourth-order valence-corrected chi connectivity index (χ4v) is 7.80. The van der Waals surface area contributed by atoms with E-state index in [9.17, 15) is 19.5 Å². The van der Waals surface area contributed by atoms with E-state index < -0.39 is 23.2 Å². The summed E-state index contributed by atoms with van der Waals surface area (Å²) in [6, 6.07) is 0. The normalized spacial score (nSPS) is 44.9. The number of ketones is 2. The average Bonchev–Trinajstić information content (AvgIpc) is 2.96. The molecule has 2 N–H and O–H groups in total. The Morgan fingerprint density at radius 1 is 1.22 bits per heavy atom. The molecule has 0 aromatic carbocycles. The van der Waals surface area contributed by atoms with Crippen molar-refractivity contribution in [3.05, 3.63) is 11.6 Å². The molecule has 5 nitrogen and oxygen atoms in total. The number of fused-ring (bicyclic) bond motifs is 5. The summed E-state index contributed by atoms with van der Waals surface area (Å²) in [7, 11) is 0. The molecule has 8 atom stereocenters. The summed E-state index contributed by atoms with van der Waals surface area (Å²) in [5.74, 6) is -0.800. The highest BCUT2D eigenvalue weighted by Gasteiger charge is 2.69. The molecule has 0 heterocycles. The van der Waals surface area contributed by atoms with E-state index in [1.54, 1.807) is 13.0 Å². The molecule has 0 radical (unpaired) electrons. The molecule has 7 heteroatoms. The van der Waals surface area contributed by atoms with E-state index in [0.717, 1.165) is 19.3 Å². The molecule has 3 fully saturated rings. The molecular weight excluding hydrogens is 435 g/mol. The van der Waals surface area contributed by atoms with E-state index in [2.05, 4.69) is 6.92 Å². The first-order valence-electron chi connectivity index (χ1n) is 11.8. The molecule has 32 heavy (non-hydrogen) atoms. The third kappa shape index (κ3) is 3.66. The minimum absolute atomic E-state index is 0.0424. The van der Waals surface area contributed by atoms with Gasteiger partial charge in [0.1, 0.15) is 11.8 Å². The standard InChI is InChI=1S/C22H30ClFO3.C3H6O2/c1-12-8-16-14-10-18(24)17-9-13(25)4-6-20(17,2)15(14)5-7-21(16,3)22(12,27)19(26)11-23;1-2-3(4)5/h9,12,14-16,18,27H,4-8,10-11H2,1-3H3;2H2,1H3,(H,4,5)/t12-,14+,15-,16-,18-,20+,21-,22-;/m0./s1. The molecule has 4 aliphatic rings.